The van der Waals surface area contributed by atoms with Gasteiger partial charge in [0.25, 0.3) is 0 Å². The molecule has 1 saturated carbocycles. The lowest BCUT2D eigenvalue weighted by atomic mass is 9.90. The summed E-state index contributed by atoms with van der Waals surface area (Å²) in [5.74, 6) is -1.13. The first-order valence-electron chi connectivity index (χ1n) is 7.86. The minimum Gasteiger partial charge on any atom is -0.481 e. The van der Waals surface area contributed by atoms with Gasteiger partial charge in [-0.05, 0) is 32.6 Å². The molecule has 1 heterocycles. The monoisotopic (exact) mass is 298 g/mol. The van der Waals surface area contributed by atoms with Gasteiger partial charge in [0.05, 0.1) is 18.1 Å². The van der Waals surface area contributed by atoms with Crippen LogP contribution >= 0.6 is 0 Å². The molecule has 0 bridgehead atoms. The third kappa shape index (κ3) is 3.48. The van der Waals surface area contributed by atoms with Gasteiger partial charge in [-0.15, -0.1) is 0 Å². The summed E-state index contributed by atoms with van der Waals surface area (Å²) in [5, 5.41) is 19.2. The highest BCUT2D eigenvalue weighted by Gasteiger charge is 2.36. The summed E-state index contributed by atoms with van der Waals surface area (Å²) in [4.78, 5) is 27.1. The van der Waals surface area contributed by atoms with Crippen LogP contribution in [0.3, 0.4) is 0 Å². The Bertz CT molecular complexity index is 401. The highest BCUT2D eigenvalue weighted by Crippen LogP contribution is 2.27. The number of likely N-dealkylation sites (tertiary alicyclic amines) is 1. The lowest BCUT2D eigenvalue weighted by Gasteiger charge is -2.42. The van der Waals surface area contributed by atoms with E-state index in [0.717, 1.165) is 25.7 Å². The number of aliphatic hydroxyl groups is 1. The Labute approximate surface area is 125 Å². The number of amides is 2. The smallest absolute Gasteiger partial charge is 0.320 e. The van der Waals surface area contributed by atoms with Crippen molar-refractivity contribution in [3.63, 3.8) is 0 Å². The Kier molecular flexibility index (Phi) is 5.08. The number of rotatable bonds is 2. The van der Waals surface area contributed by atoms with E-state index in [4.69, 9.17) is 5.11 Å². The standard InChI is InChI=1S/C15H26N2O4/c1-10-9-11(14(19)20)7-8-17(10)15(21)16(2)12-5-3-4-6-13(12)18/h10-13,18H,3-9H2,1-2H3,(H,19,20). The predicted molar refractivity (Wildman–Crippen MR) is 77.9 cm³/mol. The van der Waals surface area contributed by atoms with Crippen LogP contribution in [0.1, 0.15) is 45.4 Å². The molecule has 6 heteroatoms. The van der Waals surface area contributed by atoms with E-state index in [2.05, 4.69) is 0 Å². The highest BCUT2D eigenvalue weighted by atomic mass is 16.4. The normalized spacial score (nSPS) is 33.6. The number of hydrogen-bond donors (Lipinski definition) is 2. The number of carbonyl (C=O) groups excluding carboxylic acids is 1. The summed E-state index contributed by atoms with van der Waals surface area (Å²) < 4.78 is 0. The van der Waals surface area contributed by atoms with Gasteiger partial charge in [0.1, 0.15) is 0 Å². The molecule has 4 unspecified atom stereocenters. The molecule has 4 atom stereocenters. The summed E-state index contributed by atoms with van der Waals surface area (Å²) in [6.07, 6.45) is 4.20. The average molecular weight is 298 g/mol. The van der Waals surface area contributed by atoms with E-state index in [-0.39, 0.29) is 24.0 Å². The predicted octanol–water partition coefficient (Wildman–Crippen LogP) is 1.53. The van der Waals surface area contributed by atoms with Crippen molar-refractivity contribution in [3.05, 3.63) is 0 Å². The highest BCUT2D eigenvalue weighted by molar-refractivity contribution is 5.76. The Hall–Kier alpha value is -1.30. The average Bonchev–Trinajstić information content (AvgIpc) is 2.46. The molecule has 2 amide bonds. The third-order valence-corrected chi connectivity index (χ3v) is 4.96. The lowest BCUT2D eigenvalue weighted by molar-refractivity contribution is -0.143. The molecule has 6 nitrogen and oxygen atoms in total. The van der Waals surface area contributed by atoms with Crippen LogP contribution in [0.25, 0.3) is 0 Å². The van der Waals surface area contributed by atoms with Gasteiger partial charge in [0, 0.05) is 19.6 Å². The maximum atomic E-state index is 12.6. The van der Waals surface area contributed by atoms with Crippen molar-refractivity contribution in [2.24, 2.45) is 5.92 Å². The van der Waals surface area contributed by atoms with Crippen LogP contribution in [0.4, 0.5) is 4.79 Å². The van der Waals surface area contributed by atoms with Gasteiger partial charge < -0.3 is 20.0 Å². The molecule has 0 radical (unpaired) electrons. The van der Waals surface area contributed by atoms with Crippen LogP contribution in [0.2, 0.25) is 0 Å². The van der Waals surface area contributed by atoms with Crippen molar-refractivity contribution in [1.82, 2.24) is 9.80 Å². The molecule has 0 spiro atoms. The quantitative estimate of drug-likeness (QED) is 0.810. The van der Waals surface area contributed by atoms with Crippen molar-refractivity contribution in [3.8, 4) is 0 Å². The molecule has 1 saturated heterocycles. The van der Waals surface area contributed by atoms with Crippen molar-refractivity contribution >= 4 is 12.0 Å². The Balaban J connectivity index is 1.97. The molecule has 21 heavy (non-hydrogen) atoms. The van der Waals surface area contributed by atoms with Gasteiger partial charge >= 0.3 is 12.0 Å². The summed E-state index contributed by atoms with van der Waals surface area (Å²) in [7, 11) is 1.75. The van der Waals surface area contributed by atoms with Crippen LogP contribution in [-0.4, -0.2) is 63.8 Å². The SMILES string of the molecule is CC1CC(C(=O)O)CCN1C(=O)N(C)C1CCCCC1O. The summed E-state index contributed by atoms with van der Waals surface area (Å²) >= 11 is 0. The van der Waals surface area contributed by atoms with Crippen molar-refractivity contribution < 1.29 is 19.8 Å². The number of carboxylic acids is 1. The summed E-state index contributed by atoms with van der Waals surface area (Å²) in [5.41, 5.74) is 0. The number of nitrogens with zero attached hydrogens (tertiary/aromatic N) is 2. The minimum atomic E-state index is -0.773. The van der Waals surface area contributed by atoms with Crippen molar-refractivity contribution in [2.45, 2.75) is 63.6 Å². The van der Waals surface area contributed by atoms with E-state index < -0.39 is 12.1 Å². The van der Waals surface area contributed by atoms with Crippen molar-refractivity contribution in [1.29, 1.82) is 0 Å². The number of aliphatic hydroxyl groups excluding tert-OH is 1. The lowest BCUT2D eigenvalue weighted by Crippen LogP contribution is -2.55. The molecule has 2 N–H and O–H groups in total. The van der Waals surface area contributed by atoms with E-state index in [0.29, 0.717) is 19.4 Å². The van der Waals surface area contributed by atoms with Gasteiger partial charge in [-0.1, -0.05) is 12.8 Å². The molecule has 2 fully saturated rings. The summed E-state index contributed by atoms with van der Waals surface area (Å²) in [6.45, 7) is 2.38. The Morgan fingerprint density at radius 1 is 1.19 bits per heavy atom. The first kappa shape index (κ1) is 16.1. The second-order valence-electron chi connectivity index (χ2n) is 6.41. The minimum absolute atomic E-state index is 0.0736. The molecule has 1 aliphatic heterocycles. The maximum Gasteiger partial charge on any atom is 0.320 e. The number of piperidine rings is 1. The largest absolute Gasteiger partial charge is 0.481 e. The number of likely N-dealkylation sites (N-methyl/N-ethyl adjacent to an activating group) is 1. The van der Waals surface area contributed by atoms with Crippen LogP contribution in [0, 0.1) is 5.92 Å². The fraction of sp³-hybridized carbons (Fsp3) is 0.867. The third-order valence-electron chi connectivity index (χ3n) is 4.96. The second-order valence-corrected chi connectivity index (χ2v) is 6.41. The molecule has 0 aromatic heterocycles. The van der Waals surface area contributed by atoms with Crippen LogP contribution in [0.15, 0.2) is 0 Å². The van der Waals surface area contributed by atoms with Gasteiger partial charge in [-0.3, -0.25) is 4.79 Å². The zero-order valence-electron chi connectivity index (χ0n) is 12.9. The van der Waals surface area contributed by atoms with E-state index in [1.165, 1.54) is 0 Å². The Morgan fingerprint density at radius 2 is 1.86 bits per heavy atom. The van der Waals surface area contributed by atoms with E-state index in [1.54, 1.807) is 16.8 Å². The molecule has 0 aromatic carbocycles. The molecule has 2 rings (SSSR count). The van der Waals surface area contributed by atoms with Gasteiger partial charge in [-0.2, -0.15) is 0 Å². The zero-order chi connectivity index (χ0) is 15.6. The molecule has 120 valence electrons. The first-order chi connectivity index (χ1) is 9.91. The second kappa shape index (κ2) is 6.64. The molecule has 1 aliphatic carbocycles. The number of carboxylic acid groups (broad SMARTS) is 1. The summed E-state index contributed by atoms with van der Waals surface area (Å²) in [6, 6.07) is -0.275. The fourth-order valence-corrected chi connectivity index (χ4v) is 3.57. The number of carbonyl (C=O) groups is 2. The van der Waals surface area contributed by atoms with Crippen LogP contribution < -0.4 is 0 Å². The number of hydrogen-bond acceptors (Lipinski definition) is 3. The maximum absolute atomic E-state index is 12.6. The topological polar surface area (TPSA) is 81.1 Å². The van der Waals surface area contributed by atoms with Gasteiger partial charge in [0.2, 0.25) is 0 Å². The number of aliphatic carboxylic acids is 1. The fourth-order valence-electron chi connectivity index (χ4n) is 3.57. The van der Waals surface area contributed by atoms with Crippen molar-refractivity contribution in [2.75, 3.05) is 13.6 Å². The zero-order valence-corrected chi connectivity index (χ0v) is 12.9. The number of urea groups is 1. The molecule has 0 aromatic rings. The molecular weight excluding hydrogens is 272 g/mol. The van der Waals surface area contributed by atoms with E-state index in [1.807, 2.05) is 6.92 Å². The van der Waals surface area contributed by atoms with E-state index >= 15 is 0 Å². The van der Waals surface area contributed by atoms with Gasteiger partial charge in [-0.25, -0.2) is 4.79 Å². The van der Waals surface area contributed by atoms with E-state index in [9.17, 15) is 14.7 Å². The van der Waals surface area contributed by atoms with Crippen LogP contribution in [-0.2, 0) is 4.79 Å². The Morgan fingerprint density at radius 3 is 2.43 bits per heavy atom. The molecular formula is C15H26N2O4. The first-order valence-corrected chi connectivity index (χ1v) is 7.86. The van der Waals surface area contributed by atoms with Crippen LogP contribution in [0.5, 0.6) is 0 Å². The van der Waals surface area contributed by atoms with Gasteiger partial charge in [0.15, 0.2) is 0 Å². The molecule has 2 aliphatic rings.